The van der Waals surface area contributed by atoms with Crippen molar-refractivity contribution in [3.8, 4) is 5.88 Å². The molecule has 1 aromatic rings. The molecule has 1 aromatic heterocycles. The number of aromatic nitrogens is 2. The van der Waals surface area contributed by atoms with E-state index >= 15 is 0 Å². The Bertz CT molecular complexity index is 906. The van der Waals surface area contributed by atoms with Gasteiger partial charge in [0.2, 0.25) is 11.8 Å². The smallest absolute Gasteiger partial charge is 0.257 e. The van der Waals surface area contributed by atoms with Crippen molar-refractivity contribution in [2.75, 3.05) is 32.1 Å². The van der Waals surface area contributed by atoms with E-state index in [1.807, 2.05) is 0 Å². The number of anilines is 1. The molecule has 0 aromatic carbocycles. The van der Waals surface area contributed by atoms with Gasteiger partial charge in [-0.2, -0.15) is 0 Å². The van der Waals surface area contributed by atoms with Crippen molar-refractivity contribution in [2.24, 2.45) is 11.8 Å². The number of likely N-dealkylation sites (tertiary alicyclic amines) is 1. The van der Waals surface area contributed by atoms with Crippen molar-refractivity contribution in [1.82, 2.24) is 20.4 Å². The number of allylic oxidation sites excluding steroid dienone is 2. The van der Waals surface area contributed by atoms with Crippen LogP contribution in [0.1, 0.15) is 26.2 Å². The molecule has 0 spiro atoms. The number of nitrogens with one attached hydrogen (secondary N) is 2. The van der Waals surface area contributed by atoms with E-state index in [2.05, 4.69) is 20.8 Å². The van der Waals surface area contributed by atoms with E-state index in [-0.39, 0.29) is 35.9 Å². The average molecular weight is 459 g/mol. The van der Waals surface area contributed by atoms with Crippen molar-refractivity contribution in [3.63, 3.8) is 0 Å². The van der Waals surface area contributed by atoms with E-state index in [0.29, 0.717) is 24.7 Å². The van der Waals surface area contributed by atoms with E-state index in [0.717, 1.165) is 12.8 Å². The highest BCUT2D eigenvalue weighted by atomic mass is 19.3. The summed E-state index contributed by atoms with van der Waals surface area (Å²) in [7, 11) is 7.13. The maximum Gasteiger partial charge on any atom is 0.257 e. The van der Waals surface area contributed by atoms with Gasteiger partial charge >= 0.3 is 0 Å². The Balaban J connectivity index is 1.64. The molecule has 2 aliphatic rings. The van der Waals surface area contributed by atoms with Crippen LogP contribution in [0.25, 0.3) is 0 Å². The average Bonchev–Trinajstić information content (AvgIpc) is 3.62. The number of alkyl halides is 2. The maximum absolute atomic E-state index is 14.8. The lowest BCUT2D eigenvalue weighted by Gasteiger charge is -2.41. The topological polar surface area (TPSA) is 96.5 Å². The highest BCUT2D eigenvalue weighted by molar-refractivity contribution is 6.32. The van der Waals surface area contributed by atoms with Gasteiger partial charge in [0.1, 0.15) is 14.1 Å². The lowest BCUT2D eigenvalue weighted by molar-refractivity contribution is -0.128. The standard InChI is InChI=1S/C22H28BF2N5O3/c1-14(21(32)27-19-5-6-20(29-28-19)33-13-15-3-4-15)30-8-7-22(24,25)18(11-30)16(10-26-2)9-17(23)12-31/h5-6,9-10,12,14-15,18,26H,3-4,7-8,11,13H2,1-2H3,(H,27,28,32)/b16-10?,17-9+. The number of amides is 1. The van der Waals surface area contributed by atoms with Gasteiger partial charge in [0.15, 0.2) is 5.82 Å². The van der Waals surface area contributed by atoms with E-state index in [9.17, 15) is 18.4 Å². The van der Waals surface area contributed by atoms with Crippen LogP contribution in [0, 0.1) is 11.8 Å². The molecule has 2 unspecified atom stereocenters. The number of piperidine rings is 1. The zero-order valence-electron chi connectivity index (χ0n) is 18.8. The number of rotatable bonds is 10. The van der Waals surface area contributed by atoms with Gasteiger partial charge in [-0.25, -0.2) is 8.78 Å². The van der Waals surface area contributed by atoms with Crippen LogP contribution in [0.4, 0.5) is 14.6 Å². The Morgan fingerprint density at radius 3 is 2.76 bits per heavy atom. The van der Waals surface area contributed by atoms with Crippen molar-refractivity contribution >= 4 is 25.9 Å². The molecule has 0 bridgehead atoms. The zero-order valence-corrected chi connectivity index (χ0v) is 18.8. The van der Waals surface area contributed by atoms with Gasteiger partial charge in [-0.1, -0.05) is 11.5 Å². The summed E-state index contributed by atoms with van der Waals surface area (Å²) in [5.41, 5.74) is 0.0374. The summed E-state index contributed by atoms with van der Waals surface area (Å²) in [6.07, 6.45) is 4.93. The molecule has 3 rings (SSSR count). The van der Waals surface area contributed by atoms with E-state index in [1.165, 1.54) is 12.3 Å². The Kier molecular flexibility index (Phi) is 8.17. The van der Waals surface area contributed by atoms with Crippen molar-refractivity contribution in [2.45, 2.75) is 38.2 Å². The summed E-state index contributed by atoms with van der Waals surface area (Å²) in [6, 6.07) is 2.53. The number of ether oxygens (including phenoxy) is 1. The number of aldehydes is 1. The lowest BCUT2D eigenvalue weighted by atomic mass is 9.83. The lowest BCUT2D eigenvalue weighted by Crippen LogP contribution is -2.53. The molecule has 2 radical (unpaired) electrons. The molecule has 1 aliphatic heterocycles. The number of hydrogen-bond donors (Lipinski definition) is 2. The highest BCUT2D eigenvalue weighted by Crippen LogP contribution is 2.39. The van der Waals surface area contributed by atoms with Crippen LogP contribution in [-0.2, 0) is 9.59 Å². The molecule has 2 N–H and O–H groups in total. The first kappa shape index (κ1) is 24.8. The number of carbonyl (C=O) groups excluding carboxylic acids is 2. The second kappa shape index (κ2) is 10.9. The molecule has 33 heavy (non-hydrogen) atoms. The summed E-state index contributed by atoms with van der Waals surface area (Å²) >= 11 is 0. The van der Waals surface area contributed by atoms with Crippen LogP contribution < -0.4 is 15.4 Å². The predicted molar refractivity (Wildman–Crippen MR) is 120 cm³/mol. The largest absolute Gasteiger partial charge is 0.476 e. The number of hydrogen-bond acceptors (Lipinski definition) is 7. The minimum atomic E-state index is -3.02. The predicted octanol–water partition coefficient (Wildman–Crippen LogP) is 1.90. The maximum atomic E-state index is 14.8. The summed E-state index contributed by atoms with van der Waals surface area (Å²) in [5.74, 6) is -3.42. The molecular weight excluding hydrogens is 431 g/mol. The van der Waals surface area contributed by atoms with Crippen LogP contribution in [-0.4, -0.2) is 73.8 Å². The molecule has 176 valence electrons. The number of nitrogens with zero attached hydrogens (tertiary/aromatic N) is 3. The molecular formula is C22H28BF2N5O3. The molecule has 1 saturated carbocycles. The van der Waals surface area contributed by atoms with Crippen LogP contribution in [0.5, 0.6) is 5.88 Å². The van der Waals surface area contributed by atoms with Crippen LogP contribution in [0.3, 0.4) is 0 Å². The summed E-state index contributed by atoms with van der Waals surface area (Å²) in [6.45, 7) is 2.21. The first-order chi connectivity index (χ1) is 15.7. The molecule has 2 heterocycles. The third-order valence-corrected chi connectivity index (χ3v) is 5.82. The minimum absolute atomic E-state index is 0.0391. The van der Waals surface area contributed by atoms with Gasteiger partial charge in [0.25, 0.3) is 5.92 Å². The highest BCUT2D eigenvalue weighted by Gasteiger charge is 2.46. The van der Waals surface area contributed by atoms with E-state index < -0.39 is 24.3 Å². The first-order valence-corrected chi connectivity index (χ1v) is 10.9. The van der Waals surface area contributed by atoms with Crippen molar-refractivity contribution < 1.29 is 23.1 Å². The quantitative estimate of drug-likeness (QED) is 0.239. The zero-order chi connectivity index (χ0) is 24.0. The summed E-state index contributed by atoms with van der Waals surface area (Å²) in [4.78, 5) is 25.3. The van der Waals surface area contributed by atoms with Crippen LogP contribution in [0.2, 0.25) is 0 Å². The summed E-state index contributed by atoms with van der Waals surface area (Å²) < 4.78 is 35.0. The van der Waals surface area contributed by atoms with Gasteiger partial charge in [0, 0.05) is 32.6 Å². The second-order valence-corrected chi connectivity index (χ2v) is 8.43. The number of carbonyl (C=O) groups is 2. The van der Waals surface area contributed by atoms with Crippen molar-refractivity contribution in [1.29, 1.82) is 0 Å². The molecule has 1 saturated heterocycles. The fourth-order valence-electron chi connectivity index (χ4n) is 3.61. The second-order valence-electron chi connectivity index (χ2n) is 8.43. The van der Waals surface area contributed by atoms with Gasteiger partial charge in [-0.05, 0) is 43.5 Å². The third kappa shape index (κ3) is 6.83. The van der Waals surface area contributed by atoms with Gasteiger partial charge in [0.05, 0.1) is 18.6 Å². The SMILES string of the molecule is [B]/C(C=O)=C/C(=CNC)C1CN(C(C)C(=O)Nc2ccc(OCC3CC3)nn2)CCC1(F)F. The Morgan fingerprint density at radius 1 is 1.39 bits per heavy atom. The molecule has 1 amide bonds. The van der Waals surface area contributed by atoms with Gasteiger partial charge in [-0.15, -0.1) is 10.2 Å². The molecule has 2 fully saturated rings. The van der Waals surface area contributed by atoms with Crippen molar-refractivity contribution in [3.05, 3.63) is 35.5 Å². The molecule has 2 atom stereocenters. The Labute approximate surface area is 193 Å². The Hall–Kier alpha value is -2.82. The monoisotopic (exact) mass is 459 g/mol. The molecule has 1 aliphatic carbocycles. The fraction of sp³-hybridized carbons (Fsp3) is 0.545. The van der Waals surface area contributed by atoms with E-state index in [4.69, 9.17) is 12.6 Å². The normalized spacial score (nSPS) is 22.4. The van der Waals surface area contributed by atoms with E-state index in [1.54, 1.807) is 31.0 Å². The fourth-order valence-corrected chi connectivity index (χ4v) is 3.61. The molecule has 11 heteroatoms. The number of halogens is 2. The first-order valence-electron chi connectivity index (χ1n) is 10.9. The van der Waals surface area contributed by atoms with Crippen LogP contribution in [0.15, 0.2) is 35.5 Å². The summed E-state index contributed by atoms with van der Waals surface area (Å²) in [5, 5.41) is 13.3. The van der Waals surface area contributed by atoms with Gasteiger partial charge in [-0.3, -0.25) is 14.5 Å². The molecule has 8 nitrogen and oxygen atoms in total. The minimum Gasteiger partial charge on any atom is -0.476 e. The Morgan fingerprint density at radius 2 is 2.15 bits per heavy atom. The van der Waals surface area contributed by atoms with Gasteiger partial charge < -0.3 is 15.4 Å². The van der Waals surface area contributed by atoms with Crippen LogP contribution >= 0.6 is 0 Å². The third-order valence-electron chi connectivity index (χ3n) is 5.82.